The number of carbonyl (C=O) groups excluding carboxylic acids is 2. The van der Waals surface area contributed by atoms with Crippen molar-refractivity contribution in [3.8, 4) is 5.75 Å². The predicted molar refractivity (Wildman–Crippen MR) is 99.3 cm³/mol. The molecule has 1 N–H and O–H groups in total. The van der Waals surface area contributed by atoms with Crippen molar-refractivity contribution >= 4 is 11.8 Å². The topological polar surface area (TPSA) is 65.6 Å². The van der Waals surface area contributed by atoms with Crippen molar-refractivity contribution in [1.29, 1.82) is 0 Å². The molecule has 0 unspecified atom stereocenters. The van der Waals surface area contributed by atoms with E-state index in [1.165, 1.54) is 0 Å². The number of nitrogens with one attached hydrogen (secondary N) is 1. The number of carbonyl (C=O) groups is 2. The third kappa shape index (κ3) is 4.25. The van der Waals surface area contributed by atoms with Gasteiger partial charge >= 0.3 is 0 Å². The fourth-order valence-electron chi connectivity index (χ4n) is 3.21. The van der Waals surface area contributed by atoms with Crippen molar-refractivity contribution in [1.82, 2.24) is 14.8 Å². The van der Waals surface area contributed by atoms with Gasteiger partial charge in [0.2, 0.25) is 5.91 Å². The van der Waals surface area contributed by atoms with E-state index in [9.17, 15) is 9.59 Å². The number of rotatable bonds is 5. The highest BCUT2D eigenvalue weighted by molar-refractivity contribution is 5.95. The summed E-state index contributed by atoms with van der Waals surface area (Å²) in [6.45, 7) is 6.48. The summed E-state index contributed by atoms with van der Waals surface area (Å²) in [6.07, 6.45) is 0.346. The molecule has 2 heterocycles. The van der Waals surface area contributed by atoms with Crippen LogP contribution in [0.4, 0.5) is 0 Å². The zero-order valence-electron chi connectivity index (χ0n) is 15.3. The molecule has 0 aliphatic carbocycles. The van der Waals surface area contributed by atoms with Gasteiger partial charge in [0.05, 0.1) is 18.6 Å². The molecular weight excluding hydrogens is 330 g/mol. The van der Waals surface area contributed by atoms with Gasteiger partial charge in [0, 0.05) is 37.6 Å². The Hall–Kier alpha value is -2.76. The van der Waals surface area contributed by atoms with Gasteiger partial charge in [-0.3, -0.25) is 9.59 Å². The minimum absolute atomic E-state index is 0.0337. The summed E-state index contributed by atoms with van der Waals surface area (Å²) in [5.74, 6) is 0.876. The molecule has 26 heavy (non-hydrogen) atoms. The minimum Gasteiger partial charge on any atom is -0.493 e. The lowest BCUT2D eigenvalue weighted by Gasteiger charge is -2.34. The Morgan fingerprint density at radius 3 is 2.31 bits per heavy atom. The number of benzene rings is 1. The van der Waals surface area contributed by atoms with Gasteiger partial charge in [0.15, 0.2) is 0 Å². The van der Waals surface area contributed by atoms with Crippen molar-refractivity contribution in [3.05, 3.63) is 53.3 Å². The summed E-state index contributed by atoms with van der Waals surface area (Å²) in [6, 6.07) is 11.4. The lowest BCUT2D eigenvalue weighted by molar-refractivity contribution is -0.133. The molecule has 1 saturated heterocycles. The van der Waals surface area contributed by atoms with E-state index in [4.69, 9.17) is 4.74 Å². The second kappa shape index (κ2) is 8.08. The summed E-state index contributed by atoms with van der Waals surface area (Å²) in [5, 5.41) is 0. The van der Waals surface area contributed by atoms with Crippen LogP contribution in [0.15, 0.2) is 36.4 Å². The second-order valence-electron chi connectivity index (χ2n) is 6.58. The van der Waals surface area contributed by atoms with E-state index in [-0.39, 0.29) is 11.8 Å². The normalized spacial score (nSPS) is 14.4. The molecule has 0 spiro atoms. The molecule has 1 aromatic heterocycles. The number of nitrogens with zero attached hydrogens (tertiary/aromatic N) is 2. The van der Waals surface area contributed by atoms with Gasteiger partial charge in [-0.2, -0.15) is 0 Å². The van der Waals surface area contributed by atoms with Crippen LogP contribution in [0.1, 0.15) is 28.2 Å². The van der Waals surface area contributed by atoms with Crippen LogP contribution in [-0.4, -0.2) is 59.4 Å². The van der Waals surface area contributed by atoms with Crippen LogP contribution in [0, 0.1) is 13.8 Å². The quantitative estimate of drug-likeness (QED) is 0.896. The Bertz CT molecular complexity index is 762. The van der Waals surface area contributed by atoms with Crippen molar-refractivity contribution in [3.63, 3.8) is 0 Å². The maximum Gasteiger partial charge on any atom is 0.255 e. The fraction of sp³-hybridized carbons (Fsp3) is 0.400. The van der Waals surface area contributed by atoms with Crippen LogP contribution in [0.3, 0.4) is 0 Å². The molecule has 0 bridgehead atoms. The first-order valence-electron chi connectivity index (χ1n) is 8.95. The van der Waals surface area contributed by atoms with Gasteiger partial charge in [-0.1, -0.05) is 18.2 Å². The van der Waals surface area contributed by atoms with Crippen LogP contribution < -0.4 is 4.74 Å². The van der Waals surface area contributed by atoms with Crippen molar-refractivity contribution < 1.29 is 14.3 Å². The number of para-hydroxylation sites is 1. The lowest BCUT2D eigenvalue weighted by atomic mass is 10.2. The maximum atomic E-state index is 12.6. The third-order valence-corrected chi connectivity index (χ3v) is 4.63. The SMILES string of the molecule is Cc1cc(C(=O)N2CCN(C(=O)CCOc3ccccc3)CC2)c(C)[nH]1. The van der Waals surface area contributed by atoms with E-state index >= 15 is 0 Å². The van der Waals surface area contributed by atoms with E-state index < -0.39 is 0 Å². The molecule has 0 atom stereocenters. The summed E-state index contributed by atoms with van der Waals surface area (Å²) in [4.78, 5) is 31.7. The largest absolute Gasteiger partial charge is 0.493 e. The predicted octanol–water partition coefficient (Wildman–Crippen LogP) is 2.39. The minimum atomic E-state index is 0.0337. The molecule has 6 heteroatoms. The van der Waals surface area contributed by atoms with Gasteiger partial charge in [-0.25, -0.2) is 0 Å². The summed E-state index contributed by atoms with van der Waals surface area (Å²) in [7, 11) is 0. The monoisotopic (exact) mass is 355 g/mol. The van der Waals surface area contributed by atoms with E-state index in [2.05, 4.69) is 4.98 Å². The molecule has 1 aromatic carbocycles. The molecule has 0 radical (unpaired) electrons. The van der Waals surface area contributed by atoms with Crippen LogP contribution in [-0.2, 0) is 4.79 Å². The van der Waals surface area contributed by atoms with E-state index in [1.807, 2.05) is 60.0 Å². The molecule has 1 fully saturated rings. The maximum absolute atomic E-state index is 12.6. The fourth-order valence-corrected chi connectivity index (χ4v) is 3.21. The second-order valence-corrected chi connectivity index (χ2v) is 6.58. The van der Waals surface area contributed by atoms with Crippen LogP contribution in [0.5, 0.6) is 5.75 Å². The number of H-pyrrole nitrogens is 1. The van der Waals surface area contributed by atoms with E-state index in [0.717, 1.165) is 22.7 Å². The Balaban J connectivity index is 1.45. The standard InChI is InChI=1S/C20H25N3O3/c1-15-14-18(16(2)21-15)20(25)23-11-9-22(10-12-23)19(24)8-13-26-17-6-4-3-5-7-17/h3-7,14,21H,8-13H2,1-2H3. The van der Waals surface area contributed by atoms with Crippen LogP contribution in [0.2, 0.25) is 0 Å². The highest BCUT2D eigenvalue weighted by Crippen LogP contribution is 2.15. The molecule has 0 saturated carbocycles. The smallest absolute Gasteiger partial charge is 0.255 e. The van der Waals surface area contributed by atoms with E-state index in [0.29, 0.717) is 39.2 Å². The van der Waals surface area contributed by atoms with Gasteiger partial charge < -0.3 is 19.5 Å². The average molecular weight is 355 g/mol. The Morgan fingerprint density at radius 1 is 1.04 bits per heavy atom. The number of piperazine rings is 1. The summed E-state index contributed by atoms with van der Waals surface area (Å²) in [5.41, 5.74) is 2.60. The average Bonchev–Trinajstić information content (AvgIpc) is 3.00. The highest BCUT2D eigenvalue weighted by atomic mass is 16.5. The van der Waals surface area contributed by atoms with Gasteiger partial charge in [0.25, 0.3) is 5.91 Å². The van der Waals surface area contributed by atoms with Gasteiger partial charge in [-0.05, 0) is 32.0 Å². The van der Waals surface area contributed by atoms with Gasteiger partial charge in [0.1, 0.15) is 5.75 Å². The van der Waals surface area contributed by atoms with Crippen LogP contribution >= 0.6 is 0 Å². The van der Waals surface area contributed by atoms with Crippen molar-refractivity contribution in [2.45, 2.75) is 20.3 Å². The molecule has 138 valence electrons. The lowest BCUT2D eigenvalue weighted by Crippen LogP contribution is -2.50. The number of aromatic amines is 1. The number of ether oxygens (including phenoxy) is 1. The first-order chi connectivity index (χ1) is 12.5. The first-order valence-corrected chi connectivity index (χ1v) is 8.95. The van der Waals surface area contributed by atoms with E-state index in [1.54, 1.807) is 0 Å². The summed E-state index contributed by atoms with van der Waals surface area (Å²) < 4.78 is 5.58. The van der Waals surface area contributed by atoms with Gasteiger partial charge in [-0.15, -0.1) is 0 Å². The highest BCUT2D eigenvalue weighted by Gasteiger charge is 2.26. The zero-order chi connectivity index (χ0) is 18.5. The first kappa shape index (κ1) is 18.0. The molecular formula is C20H25N3O3. The number of amides is 2. The molecule has 1 aliphatic heterocycles. The molecule has 6 nitrogen and oxygen atoms in total. The van der Waals surface area contributed by atoms with Crippen molar-refractivity contribution in [2.24, 2.45) is 0 Å². The Kier molecular flexibility index (Phi) is 5.61. The Labute approximate surface area is 153 Å². The number of aromatic nitrogens is 1. The zero-order valence-corrected chi connectivity index (χ0v) is 15.3. The molecule has 2 aromatic rings. The molecule has 3 rings (SSSR count). The van der Waals surface area contributed by atoms with Crippen LogP contribution in [0.25, 0.3) is 0 Å². The number of hydrogen-bond donors (Lipinski definition) is 1. The third-order valence-electron chi connectivity index (χ3n) is 4.63. The molecule has 1 aliphatic rings. The Morgan fingerprint density at radius 2 is 1.69 bits per heavy atom. The number of hydrogen-bond acceptors (Lipinski definition) is 3. The number of aryl methyl sites for hydroxylation is 2. The molecule has 2 amide bonds. The van der Waals surface area contributed by atoms with Crippen molar-refractivity contribution in [2.75, 3.05) is 32.8 Å². The summed E-state index contributed by atoms with van der Waals surface area (Å²) >= 11 is 0.